The zero-order valence-electron chi connectivity index (χ0n) is 10.1. The Kier molecular flexibility index (Phi) is 2.89. The van der Waals surface area contributed by atoms with Crippen LogP contribution in [0.2, 0.25) is 0 Å². The monoisotopic (exact) mass is 367 g/mol. The number of carbonyl (C=O) groups is 2. The first-order valence-electron chi connectivity index (χ1n) is 5.70. The number of rotatable bonds is 2. The maximum absolute atomic E-state index is 12.3. The third-order valence-electron chi connectivity index (χ3n) is 3.05. The molecule has 0 bridgehead atoms. The van der Waals surface area contributed by atoms with E-state index in [0.29, 0.717) is 11.1 Å². The maximum Gasteiger partial charge on any atom is 0.262 e. The van der Waals surface area contributed by atoms with Gasteiger partial charge in [0, 0.05) is 22.4 Å². The summed E-state index contributed by atoms with van der Waals surface area (Å²) < 4.78 is 2.46. The second-order valence-electron chi connectivity index (χ2n) is 4.38. The highest BCUT2D eigenvalue weighted by molar-refractivity contribution is 14.1. The number of aromatic nitrogens is 2. The van der Waals surface area contributed by atoms with Crippen LogP contribution >= 0.6 is 22.6 Å². The van der Waals surface area contributed by atoms with Crippen molar-refractivity contribution in [1.29, 1.82) is 0 Å². The van der Waals surface area contributed by atoms with E-state index in [1.54, 1.807) is 36.3 Å². The summed E-state index contributed by atoms with van der Waals surface area (Å²) in [6.07, 6.45) is 3.46. The zero-order valence-corrected chi connectivity index (χ0v) is 12.3. The average Bonchev–Trinajstić information content (AvgIpc) is 2.88. The molecule has 0 radical (unpaired) electrons. The number of nitrogens with zero attached hydrogens (tertiary/aromatic N) is 3. The molecule has 0 saturated heterocycles. The molecule has 2 aromatic rings. The summed E-state index contributed by atoms with van der Waals surface area (Å²) in [5, 5.41) is 4.04. The van der Waals surface area contributed by atoms with Gasteiger partial charge in [-0.15, -0.1) is 0 Å². The molecule has 0 spiro atoms. The lowest BCUT2D eigenvalue weighted by molar-refractivity contribution is 0.0642. The number of hydrogen-bond acceptors (Lipinski definition) is 3. The predicted molar refractivity (Wildman–Crippen MR) is 76.6 cm³/mol. The van der Waals surface area contributed by atoms with Gasteiger partial charge in [0.15, 0.2) is 0 Å². The van der Waals surface area contributed by atoms with Crippen LogP contribution in [0.3, 0.4) is 0 Å². The summed E-state index contributed by atoms with van der Waals surface area (Å²) in [6.45, 7) is 0.260. The van der Waals surface area contributed by atoms with Gasteiger partial charge in [-0.3, -0.25) is 19.2 Å². The maximum atomic E-state index is 12.3. The van der Waals surface area contributed by atoms with Crippen molar-refractivity contribution in [2.45, 2.75) is 6.54 Å². The number of fused-ring (bicyclic) bond motifs is 1. The summed E-state index contributed by atoms with van der Waals surface area (Å²) in [5.74, 6) is -0.462. The van der Waals surface area contributed by atoms with Crippen molar-refractivity contribution < 1.29 is 9.59 Å². The highest BCUT2D eigenvalue weighted by atomic mass is 127. The molecule has 0 saturated carbocycles. The minimum atomic E-state index is -0.234. The van der Waals surface area contributed by atoms with Gasteiger partial charge in [0.25, 0.3) is 11.8 Å². The molecular weight excluding hydrogens is 357 g/mol. The van der Waals surface area contributed by atoms with Gasteiger partial charge in [-0.05, 0) is 34.7 Å². The lowest BCUT2D eigenvalue weighted by atomic mass is 10.1. The number of halogens is 1. The normalized spacial score (nSPS) is 14.1. The Morgan fingerprint density at radius 2 is 2.05 bits per heavy atom. The molecule has 1 aromatic carbocycles. The fraction of sp³-hybridized carbons (Fsp3) is 0.154. The van der Waals surface area contributed by atoms with Gasteiger partial charge < -0.3 is 0 Å². The Balaban J connectivity index is 1.97. The highest BCUT2D eigenvalue weighted by Crippen LogP contribution is 2.28. The summed E-state index contributed by atoms with van der Waals surface area (Å²) in [6, 6.07) is 5.32. The molecule has 2 heterocycles. The van der Waals surface area contributed by atoms with Crippen LogP contribution in [0.15, 0.2) is 30.6 Å². The van der Waals surface area contributed by atoms with Crippen molar-refractivity contribution >= 4 is 34.4 Å². The summed E-state index contributed by atoms with van der Waals surface area (Å²) in [5.41, 5.74) is 1.84. The zero-order chi connectivity index (χ0) is 13.6. The van der Waals surface area contributed by atoms with Crippen LogP contribution in [0.1, 0.15) is 26.3 Å². The van der Waals surface area contributed by atoms with Crippen molar-refractivity contribution in [3.8, 4) is 0 Å². The van der Waals surface area contributed by atoms with E-state index in [0.717, 1.165) is 9.13 Å². The lowest BCUT2D eigenvalue weighted by Gasteiger charge is -2.11. The van der Waals surface area contributed by atoms with Gasteiger partial charge in [-0.2, -0.15) is 5.10 Å². The SMILES string of the molecule is Cn1cc(CN2C(=O)c3cccc(I)c3C2=O)cn1. The Hall–Kier alpha value is -1.70. The molecule has 5 nitrogen and oxygen atoms in total. The van der Waals surface area contributed by atoms with Crippen LogP contribution in [-0.2, 0) is 13.6 Å². The fourth-order valence-electron chi connectivity index (χ4n) is 2.17. The Morgan fingerprint density at radius 3 is 2.68 bits per heavy atom. The van der Waals surface area contributed by atoms with Crippen molar-refractivity contribution in [1.82, 2.24) is 14.7 Å². The van der Waals surface area contributed by atoms with E-state index >= 15 is 0 Å². The van der Waals surface area contributed by atoms with E-state index in [2.05, 4.69) is 27.7 Å². The topological polar surface area (TPSA) is 55.2 Å². The van der Waals surface area contributed by atoms with Gasteiger partial charge in [0.2, 0.25) is 0 Å². The molecule has 0 atom stereocenters. The van der Waals surface area contributed by atoms with E-state index in [4.69, 9.17) is 0 Å². The second kappa shape index (κ2) is 4.44. The molecule has 1 aliphatic heterocycles. The third kappa shape index (κ3) is 1.95. The summed E-state index contributed by atoms with van der Waals surface area (Å²) in [4.78, 5) is 25.8. The Morgan fingerprint density at radius 1 is 1.26 bits per heavy atom. The number of carbonyl (C=O) groups excluding carboxylic acids is 2. The number of benzene rings is 1. The largest absolute Gasteiger partial charge is 0.275 e. The Bertz CT molecular complexity index is 693. The molecule has 6 heteroatoms. The molecular formula is C13H10IN3O2. The molecule has 0 N–H and O–H groups in total. The van der Waals surface area contributed by atoms with E-state index in [1.165, 1.54) is 4.90 Å². The molecule has 1 aliphatic rings. The quantitative estimate of drug-likeness (QED) is 0.601. The van der Waals surface area contributed by atoms with E-state index < -0.39 is 0 Å². The predicted octanol–water partition coefficient (Wildman–Crippen LogP) is 1.82. The first-order valence-corrected chi connectivity index (χ1v) is 6.78. The van der Waals surface area contributed by atoms with Gasteiger partial charge in [0.1, 0.15) is 0 Å². The number of amides is 2. The van der Waals surface area contributed by atoms with Crippen LogP contribution in [0, 0.1) is 3.57 Å². The molecule has 0 unspecified atom stereocenters. The van der Waals surface area contributed by atoms with E-state index in [1.807, 2.05) is 6.07 Å². The molecule has 0 aliphatic carbocycles. The molecule has 19 heavy (non-hydrogen) atoms. The summed E-state index contributed by atoms with van der Waals surface area (Å²) in [7, 11) is 1.80. The van der Waals surface area contributed by atoms with Gasteiger partial charge in [0.05, 0.1) is 23.9 Å². The van der Waals surface area contributed by atoms with Crippen LogP contribution in [0.4, 0.5) is 0 Å². The fourth-order valence-corrected chi connectivity index (χ4v) is 2.90. The third-order valence-corrected chi connectivity index (χ3v) is 3.95. The molecule has 2 amide bonds. The first kappa shape index (κ1) is 12.3. The number of aryl methyl sites for hydroxylation is 1. The van der Waals surface area contributed by atoms with Crippen molar-refractivity contribution in [3.63, 3.8) is 0 Å². The average molecular weight is 367 g/mol. The first-order chi connectivity index (χ1) is 9.08. The smallest absolute Gasteiger partial charge is 0.262 e. The van der Waals surface area contributed by atoms with Gasteiger partial charge >= 0.3 is 0 Å². The lowest BCUT2D eigenvalue weighted by Crippen LogP contribution is -2.29. The van der Waals surface area contributed by atoms with Crippen LogP contribution in [-0.4, -0.2) is 26.5 Å². The second-order valence-corrected chi connectivity index (χ2v) is 5.54. The Labute approximate surface area is 123 Å². The minimum absolute atomic E-state index is 0.228. The number of imide groups is 1. The molecule has 1 aromatic heterocycles. The van der Waals surface area contributed by atoms with Crippen LogP contribution < -0.4 is 0 Å². The molecule has 0 fully saturated rings. The van der Waals surface area contributed by atoms with Gasteiger partial charge in [-0.1, -0.05) is 6.07 Å². The van der Waals surface area contributed by atoms with Gasteiger partial charge in [-0.25, -0.2) is 0 Å². The molecule has 96 valence electrons. The van der Waals surface area contributed by atoms with Crippen LogP contribution in [0.25, 0.3) is 0 Å². The van der Waals surface area contributed by atoms with Crippen molar-refractivity contribution in [3.05, 3.63) is 50.9 Å². The minimum Gasteiger partial charge on any atom is -0.275 e. The highest BCUT2D eigenvalue weighted by Gasteiger charge is 2.36. The van der Waals surface area contributed by atoms with Crippen molar-refractivity contribution in [2.75, 3.05) is 0 Å². The van der Waals surface area contributed by atoms with E-state index in [-0.39, 0.29) is 18.4 Å². The standard InChI is InChI=1S/C13H10IN3O2/c1-16-6-8(5-15-16)7-17-12(18)9-3-2-4-10(14)11(9)13(17)19/h2-6H,7H2,1H3. The van der Waals surface area contributed by atoms with Crippen molar-refractivity contribution in [2.24, 2.45) is 7.05 Å². The van der Waals surface area contributed by atoms with E-state index in [9.17, 15) is 9.59 Å². The molecule has 3 rings (SSSR count). The number of hydrogen-bond donors (Lipinski definition) is 0. The van der Waals surface area contributed by atoms with Crippen LogP contribution in [0.5, 0.6) is 0 Å². The summed E-state index contributed by atoms with van der Waals surface area (Å²) >= 11 is 2.08.